The molecule has 5 heteroatoms. The van der Waals surface area contributed by atoms with Crippen molar-refractivity contribution in [1.82, 2.24) is 4.98 Å². The van der Waals surface area contributed by atoms with Crippen LogP contribution in [0.4, 0.5) is 5.82 Å². The van der Waals surface area contributed by atoms with Crippen LogP contribution in [0.15, 0.2) is 0 Å². The molecule has 0 saturated carbocycles. The summed E-state index contributed by atoms with van der Waals surface area (Å²) in [6, 6.07) is 0.108. The van der Waals surface area contributed by atoms with Crippen molar-refractivity contribution in [3.05, 3.63) is 16.8 Å². The first-order valence-electron chi connectivity index (χ1n) is 6.54. The average Bonchev–Trinajstić information content (AvgIpc) is 2.71. The molecule has 1 aliphatic rings. The second kappa shape index (κ2) is 5.07. The zero-order valence-corrected chi connectivity index (χ0v) is 11.9. The maximum atomic E-state index is 10.9. The van der Waals surface area contributed by atoms with E-state index in [0.717, 1.165) is 29.9 Å². The molecule has 0 spiro atoms. The van der Waals surface area contributed by atoms with Crippen LogP contribution >= 0.6 is 0 Å². The Hall–Kier alpha value is -1.78. The molecule has 0 aromatic carbocycles. The smallest absolute Gasteiger partial charge is 0.302 e. The molecule has 1 aromatic rings. The number of aromatic hydroxyl groups is 1. The highest BCUT2D eigenvalue weighted by atomic mass is 16.5. The van der Waals surface area contributed by atoms with Crippen LogP contribution in [-0.4, -0.2) is 35.3 Å². The molecular weight excluding hydrogens is 244 g/mol. The van der Waals surface area contributed by atoms with Gasteiger partial charge in [0.1, 0.15) is 18.2 Å². The van der Waals surface area contributed by atoms with Crippen molar-refractivity contribution in [2.45, 2.75) is 40.2 Å². The summed E-state index contributed by atoms with van der Waals surface area (Å²) in [6.07, 6.45) is 0.753. The van der Waals surface area contributed by atoms with Gasteiger partial charge in [0.2, 0.25) is 0 Å². The maximum absolute atomic E-state index is 10.9. The molecule has 5 nitrogen and oxygen atoms in total. The fourth-order valence-electron chi connectivity index (χ4n) is 2.63. The predicted molar refractivity (Wildman–Crippen MR) is 72.5 cm³/mol. The lowest BCUT2D eigenvalue weighted by Gasteiger charge is -2.24. The highest BCUT2D eigenvalue weighted by Crippen LogP contribution is 2.37. The molecule has 0 amide bonds. The van der Waals surface area contributed by atoms with Gasteiger partial charge >= 0.3 is 5.97 Å². The van der Waals surface area contributed by atoms with E-state index < -0.39 is 0 Å². The zero-order chi connectivity index (χ0) is 14.2. The molecule has 0 saturated heterocycles. The molecule has 104 valence electrons. The first-order chi connectivity index (χ1) is 8.95. The Bertz CT molecular complexity index is 514. The number of nitrogens with zero attached hydrogens (tertiary/aromatic N) is 2. The normalized spacial score (nSPS) is 17.5. The van der Waals surface area contributed by atoms with E-state index in [9.17, 15) is 9.90 Å². The summed E-state index contributed by atoms with van der Waals surface area (Å²) in [4.78, 5) is 17.6. The number of rotatable bonds is 3. The monoisotopic (exact) mass is 264 g/mol. The van der Waals surface area contributed by atoms with Crippen LogP contribution in [-0.2, 0) is 16.0 Å². The molecule has 0 radical (unpaired) electrons. The first-order valence-corrected chi connectivity index (χ1v) is 6.54. The summed E-state index contributed by atoms with van der Waals surface area (Å²) < 4.78 is 5.12. The predicted octanol–water partition coefficient (Wildman–Crippen LogP) is 1.72. The van der Waals surface area contributed by atoms with Gasteiger partial charge in [0, 0.05) is 25.5 Å². The summed E-state index contributed by atoms with van der Waals surface area (Å²) in [5, 5.41) is 9.97. The van der Waals surface area contributed by atoms with Crippen LogP contribution in [0.2, 0.25) is 0 Å². The van der Waals surface area contributed by atoms with E-state index in [-0.39, 0.29) is 17.8 Å². The third-order valence-electron chi connectivity index (χ3n) is 3.67. The molecule has 0 bridgehead atoms. The molecule has 1 aromatic heterocycles. The summed E-state index contributed by atoms with van der Waals surface area (Å²) in [7, 11) is 0. The highest BCUT2D eigenvalue weighted by molar-refractivity contribution is 5.66. The van der Waals surface area contributed by atoms with Crippen LogP contribution < -0.4 is 4.90 Å². The van der Waals surface area contributed by atoms with E-state index in [4.69, 9.17) is 4.74 Å². The summed E-state index contributed by atoms with van der Waals surface area (Å²) in [5.41, 5.74) is 2.58. The molecule has 1 N–H and O–H groups in total. The fourth-order valence-corrected chi connectivity index (χ4v) is 2.63. The number of carbonyl (C=O) groups excluding carboxylic acids is 1. The van der Waals surface area contributed by atoms with E-state index in [1.54, 1.807) is 6.92 Å². The van der Waals surface area contributed by atoms with Crippen LogP contribution in [0.1, 0.15) is 30.7 Å². The van der Waals surface area contributed by atoms with Crippen molar-refractivity contribution in [2.24, 2.45) is 0 Å². The van der Waals surface area contributed by atoms with Crippen molar-refractivity contribution >= 4 is 11.8 Å². The number of carbonyl (C=O) groups is 1. The minimum Gasteiger partial charge on any atom is -0.506 e. The van der Waals surface area contributed by atoms with Gasteiger partial charge in [0.05, 0.1) is 11.7 Å². The van der Waals surface area contributed by atoms with Crippen LogP contribution in [0.5, 0.6) is 5.75 Å². The van der Waals surface area contributed by atoms with Gasteiger partial charge in [-0.1, -0.05) is 0 Å². The van der Waals surface area contributed by atoms with E-state index in [2.05, 4.69) is 16.8 Å². The number of aromatic nitrogens is 1. The van der Waals surface area contributed by atoms with E-state index in [0.29, 0.717) is 12.3 Å². The topological polar surface area (TPSA) is 62.7 Å². The minimum atomic E-state index is -0.268. The quantitative estimate of drug-likeness (QED) is 0.842. The van der Waals surface area contributed by atoms with Gasteiger partial charge in [-0.3, -0.25) is 4.79 Å². The van der Waals surface area contributed by atoms with Gasteiger partial charge < -0.3 is 14.7 Å². The third kappa shape index (κ3) is 2.37. The number of ether oxygens (including phenoxy) is 1. The molecule has 19 heavy (non-hydrogen) atoms. The highest BCUT2D eigenvalue weighted by Gasteiger charge is 2.32. The van der Waals surface area contributed by atoms with Gasteiger partial charge in [0.15, 0.2) is 0 Å². The van der Waals surface area contributed by atoms with Gasteiger partial charge in [0.25, 0.3) is 0 Å². The molecule has 1 unspecified atom stereocenters. The average molecular weight is 264 g/mol. The second-order valence-corrected chi connectivity index (χ2v) is 4.92. The van der Waals surface area contributed by atoms with Gasteiger partial charge in [-0.05, 0) is 26.3 Å². The minimum absolute atomic E-state index is 0.108. The molecule has 2 rings (SSSR count). The SMILES string of the molecule is CCN1c2nc(C)c(O)c(C)c2CC1COC(C)=O. The molecular formula is C14H20N2O3. The Balaban J connectivity index is 2.32. The van der Waals surface area contributed by atoms with E-state index in [1.807, 2.05) is 6.92 Å². The molecule has 1 atom stereocenters. The van der Waals surface area contributed by atoms with Crippen molar-refractivity contribution in [2.75, 3.05) is 18.1 Å². The number of hydrogen-bond acceptors (Lipinski definition) is 5. The van der Waals surface area contributed by atoms with E-state index in [1.165, 1.54) is 6.92 Å². The lowest BCUT2D eigenvalue weighted by molar-refractivity contribution is -0.141. The maximum Gasteiger partial charge on any atom is 0.302 e. The number of anilines is 1. The van der Waals surface area contributed by atoms with Gasteiger partial charge in [-0.2, -0.15) is 0 Å². The van der Waals surface area contributed by atoms with Crippen molar-refractivity contribution in [3.63, 3.8) is 0 Å². The lowest BCUT2D eigenvalue weighted by atomic mass is 10.1. The largest absolute Gasteiger partial charge is 0.506 e. The second-order valence-electron chi connectivity index (χ2n) is 4.92. The van der Waals surface area contributed by atoms with Crippen molar-refractivity contribution < 1.29 is 14.6 Å². The Kier molecular flexibility index (Phi) is 3.64. The fraction of sp³-hybridized carbons (Fsp3) is 0.571. The number of pyridine rings is 1. The zero-order valence-electron chi connectivity index (χ0n) is 11.9. The van der Waals surface area contributed by atoms with Gasteiger partial charge in [-0.15, -0.1) is 0 Å². The lowest BCUT2D eigenvalue weighted by Crippen LogP contribution is -2.36. The summed E-state index contributed by atoms with van der Waals surface area (Å²) in [5.74, 6) is 0.908. The van der Waals surface area contributed by atoms with Crippen LogP contribution in [0.3, 0.4) is 0 Å². The Morgan fingerprint density at radius 3 is 2.79 bits per heavy atom. The number of esters is 1. The van der Waals surface area contributed by atoms with Gasteiger partial charge in [-0.25, -0.2) is 4.98 Å². The first kappa shape index (κ1) is 13.6. The van der Waals surface area contributed by atoms with Crippen LogP contribution in [0.25, 0.3) is 0 Å². The molecule has 0 aliphatic carbocycles. The van der Waals surface area contributed by atoms with Crippen molar-refractivity contribution in [1.29, 1.82) is 0 Å². The Morgan fingerprint density at radius 2 is 2.21 bits per heavy atom. The van der Waals surface area contributed by atoms with E-state index >= 15 is 0 Å². The van der Waals surface area contributed by atoms with Crippen LogP contribution in [0, 0.1) is 13.8 Å². The molecule has 1 aliphatic heterocycles. The number of fused-ring (bicyclic) bond motifs is 1. The number of likely N-dealkylation sites (N-methyl/N-ethyl adjacent to an activating group) is 1. The summed E-state index contributed by atoms with van der Waals surface area (Å²) >= 11 is 0. The third-order valence-corrected chi connectivity index (χ3v) is 3.67. The van der Waals surface area contributed by atoms with Crippen molar-refractivity contribution in [3.8, 4) is 5.75 Å². The Morgan fingerprint density at radius 1 is 1.53 bits per heavy atom. The number of hydrogen-bond donors (Lipinski definition) is 1. The standard InChI is InChI=1S/C14H20N2O3/c1-5-16-11(7-19-10(4)17)6-12-8(2)13(18)9(3)15-14(12)16/h11,18H,5-7H2,1-4H3. The molecule has 2 heterocycles. The summed E-state index contributed by atoms with van der Waals surface area (Å²) in [6.45, 7) is 8.34. The number of aryl methyl sites for hydroxylation is 1. The molecule has 0 fully saturated rings. The Labute approximate surface area is 113 Å².